The number of nitrogens with one attached hydrogen (secondary N) is 1. The van der Waals surface area contributed by atoms with Gasteiger partial charge in [-0.2, -0.15) is 0 Å². The van der Waals surface area contributed by atoms with Gasteiger partial charge in [-0.15, -0.1) is 0 Å². The fourth-order valence-corrected chi connectivity index (χ4v) is 2.62. The number of benzene rings is 1. The van der Waals surface area contributed by atoms with E-state index in [4.69, 9.17) is 15.2 Å². The van der Waals surface area contributed by atoms with Crippen molar-refractivity contribution >= 4 is 11.6 Å². The third-order valence-corrected chi connectivity index (χ3v) is 3.65. The van der Waals surface area contributed by atoms with Crippen molar-refractivity contribution in [1.82, 2.24) is 0 Å². The third-order valence-electron chi connectivity index (χ3n) is 3.65. The van der Waals surface area contributed by atoms with Crippen molar-refractivity contribution < 1.29 is 14.3 Å². The van der Waals surface area contributed by atoms with Crippen LogP contribution in [0.25, 0.3) is 0 Å². The molecule has 0 bridgehead atoms. The minimum atomic E-state index is 0.0307. The van der Waals surface area contributed by atoms with E-state index in [0.29, 0.717) is 19.0 Å². The predicted molar refractivity (Wildman–Crippen MR) is 71.4 cm³/mol. The largest absolute Gasteiger partial charge is 0.486 e. The van der Waals surface area contributed by atoms with Crippen molar-refractivity contribution in [1.29, 1.82) is 0 Å². The van der Waals surface area contributed by atoms with Gasteiger partial charge in [0.15, 0.2) is 11.5 Å². The normalized spacial score (nSPS) is 25.1. The van der Waals surface area contributed by atoms with Crippen molar-refractivity contribution in [3.63, 3.8) is 0 Å². The van der Waals surface area contributed by atoms with Crippen LogP contribution in [0.2, 0.25) is 0 Å². The Bertz CT molecular complexity index is 490. The molecule has 3 N–H and O–H groups in total. The molecule has 2 aliphatic rings. The molecule has 1 heterocycles. The first-order valence-electron chi connectivity index (χ1n) is 6.68. The van der Waals surface area contributed by atoms with Crippen molar-refractivity contribution in [3.05, 3.63) is 18.2 Å². The molecular weight excluding hydrogens is 244 g/mol. The van der Waals surface area contributed by atoms with Gasteiger partial charge in [0, 0.05) is 23.7 Å². The molecule has 102 valence electrons. The molecule has 19 heavy (non-hydrogen) atoms. The third kappa shape index (κ3) is 2.66. The minimum absolute atomic E-state index is 0.0307. The maximum absolute atomic E-state index is 12.1. The number of carbonyl (C=O) groups excluding carboxylic acids is 1. The van der Waals surface area contributed by atoms with Gasteiger partial charge in [-0.05, 0) is 31.4 Å². The van der Waals surface area contributed by atoms with E-state index in [-0.39, 0.29) is 17.9 Å². The van der Waals surface area contributed by atoms with Crippen molar-refractivity contribution in [2.24, 2.45) is 11.7 Å². The molecule has 2 atom stereocenters. The Hall–Kier alpha value is -1.75. The molecule has 0 radical (unpaired) electrons. The van der Waals surface area contributed by atoms with E-state index in [1.54, 1.807) is 6.07 Å². The standard InChI is InChI=1S/C14H18N2O3/c15-10-2-1-9(7-10)14(17)16-11-3-4-12-13(8-11)19-6-5-18-12/h3-4,8-10H,1-2,5-7,15H2,(H,16,17). The molecule has 0 aromatic heterocycles. The molecule has 1 aliphatic carbocycles. The van der Waals surface area contributed by atoms with Crippen LogP contribution in [-0.4, -0.2) is 25.2 Å². The van der Waals surface area contributed by atoms with Gasteiger partial charge in [-0.1, -0.05) is 0 Å². The van der Waals surface area contributed by atoms with Gasteiger partial charge in [-0.3, -0.25) is 4.79 Å². The fraction of sp³-hybridized carbons (Fsp3) is 0.500. The number of rotatable bonds is 2. The van der Waals surface area contributed by atoms with E-state index in [2.05, 4.69) is 5.32 Å². The average Bonchev–Trinajstić information content (AvgIpc) is 2.85. The van der Waals surface area contributed by atoms with Crippen LogP contribution in [0.4, 0.5) is 5.69 Å². The number of nitrogens with two attached hydrogens (primary N) is 1. The van der Waals surface area contributed by atoms with Gasteiger partial charge in [0.1, 0.15) is 13.2 Å². The van der Waals surface area contributed by atoms with Crippen LogP contribution in [0.3, 0.4) is 0 Å². The number of hydrogen-bond donors (Lipinski definition) is 2. The lowest BCUT2D eigenvalue weighted by Crippen LogP contribution is -2.23. The second-order valence-corrected chi connectivity index (χ2v) is 5.12. The molecule has 0 spiro atoms. The van der Waals surface area contributed by atoms with Gasteiger partial charge < -0.3 is 20.5 Å². The monoisotopic (exact) mass is 262 g/mol. The SMILES string of the molecule is NC1CCC(C(=O)Nc2ccc3c(c2)OCCO3)C1. The smallest absolute Gasteiger partial charge is 0.227 e. The Balaban J connectivity index is 1.68. The number of fused-ring (bicyclic) bond motifs is 1. The van der Waals surface area contributed by atoms with E-state index < -0.39 is 0 Å². The number of amides is 1. The summed E-state index contributed by atoms with van der Waals surface area (Å²) in [5.74, 6) is 1.49. The number of hydrogen-bond acceptors (Lipinski definition) is 4. The highest BCUT2D eigenvalue weighted by Crippen LogP contribution is 2.33. The Morgan fingerprint density at radius 1 is 1.21 bits per heavy atom. The summed E-state index contributed by atoms with van der Waals surface area (Å²) in [5, 5.41) is 2.92. The maximum atomic E-state index is 12.1. The maximum Gasteiger partial charge on any atom is 0.227 e. The highest BCUT2D eigenvalue weighted by atomic mass is 16.6. The van der Waals surface area contributed by atoms with E-state index >= 15 is 0 Å². The summed E-state index contributed by atoms with van der Waals surface area (Å²) in [6.45, 7) is 1.11. The first kappa shape index (κ1) is 12.3. The molecular formula is C14H18N2O3. The molecule has 1 saturated carbocycles. The second kappa shape index (κ2) is 5.09. The van der Waals surface area contributed by atoms with Gasteiger partial charge in [-0.25, -0.2) is 0 Å². The van der Waals surface area contributed by atoms with Crippen molar-refractivity contribution in [2.45, 2.75) is 25.3 Å². The molecule has 1 aromatic carbocycles. The molecule has 3 rings (SSSR count). The van der Waals surface area contributed by atoms with Gasteiger partial charge in [0.2, 0.25) is 5.91 Å². The summed E-state index contributed by atoms with van der Waals surface area (Å²) in [7, 11) is 0. The lowest BCUT2D eigenvalue weighted by molar-refractivity contribution is -0.119. The first-order valence-corrected chi connectivity index (χ1v) is 6.68. The summed E-state index contributed by atoms with van der Waals surface area (Å²) < 4.78 is 10.9. The highest BCUT2D eigenvalue weighted by molar-refractivity contribution is 5.93. The van der Waals surface area contributed by atoms with Crippen LogP contribution in [0.5, 0.6) is 11.5 Å². The van der Waals surface area contributed by atoms with E-state index in [1.807, 2.05) is 12.1 Å². The van der Waals surface area contributed by atoms with Gasteiger partial charge in [0.25, 0.3) is 0 Å². The zero-order valence-corrected chi connectivity index (χ0v) is 10.7. The molecule has 5 heteroatoms. The van der Waals surface area contributed by atoms with Gasteiger partial charge >= 0.3 is 0 Å². The van der Waals surface area contributed by atoms with Crippen LogP contribution >= 0.6 is 0 Å². The second-order valence-electron chi connectivity index (χ2n) is 5.12. The first-order chi connectivity index (χ1) is 9.22. The molecule has 0 saturated heterocycles. The van der Waals surface area contributed by atoms with Crippen LogP contribution in [-0.2, 0) is 4.79 Å². The van der Waals surface area contributed by atoms with E-state index in [0.717, 1.165) is 30.7 Å². The van der Waals surface area contributed by atoms with E-state index in [9.17, 15) is 4.79 Å². The van der Waals surface area contributed by atoms with E-state index in [1.165, 1.54) is 0 Å². The molecule has 1 aliphatic heterocycles. The van der Waals surface area contributed by atoms with Crippen LogP contribution in [0.1, 0.15) is 19.3 Å². The summed E-state index contributed by atoms with van der Waals surface area (Å²) >= 11 is 0. The Kier molecular flexibility index (Phi) is 3.29. The molecule has 1 amide bonds. The molecule has 1 aromatic rings. The summed E-state index contributed by atoms with van der Waals surface area (Å²) in [5.41, 5.74) is 6.58. The van der Waals surface area contributed by atoms with Crippen LogP contribution in [0.15, 0.2) is 18.2 Å². The average molecular weight is 262 g/mol. The number of anilines is 1. The predicted octanol–water partition coefficient (Wildman–Crippen LogP) is 1.52. The van der Waals surface area contributed by atoms with Crippen LogP contribution < -0.4 is 20.5 Å². The zero-order valence-electron chi connectivity index (χ0n) is 10.7. The van der Waals surface area contributed by atoms with Crippen molar-refractivity contribution in [3.8, 4) is 11.5 Å². The van der Waals surface area contributed by atoms with Crippen LogP contribution in [0, 0.1) is 5.92 Å². The summed E-state index contributed by atoms with van der Waals surface area (Å²) in [6.07, 6.45) is 2.58. The Labute approximate surface area is 112 Å². The van der Waals surface area contributed by atoms with Crippen molar-refractivity contribution in [2.75, 3.05) is 18.5 Å². The fourth-order valence-electron chi connectivity index (χ4n) is 2.62. The quantitative estimate of drug-likeness (QED) is 0.847. The number of carbonyl (C=O) groups is 1. The zero-order chi connectivity index (χ0) is 13.2. The molecule has 1 fully saturated rings. The molecule has 5 nitrogen and oxygen atoms in total. The number of ether oxygens (including phenoxy) is 2. The lowest BCUT2D eigenvalue weighted by Gasteiger charge is -2.19. The topological polar surface area (TPSA) is 73.6 Å². The Morgan fingerprint density at radius 2 is 2.00 bits per heavy atom. The van der Waals surface area contributed by atoms with Gasteiger partial charge in [0.05, 0.1) is 0 Å². The lowest BCUT2D eigenvalue weighted by atomic mass is 10.1. The minimum Gasteiger partial charge on any atom is -0.486 e. The Morgan fingerprint density at radius 3 is 2.74 bits per heavy atom. The summed E-state index contributed by atoms with van der Waals surface area (Å²) in [4.78, 5) is 12.1. The summed E-state index contributed by atoms with van der Waals surface area (Å²) in [6, 6.07) is 5.63. The molecule has 2 unspecified atom stereocenters. The highest BCUT2D eigenvalue weighted by Gasteiger charge is 2.27.